The van der Waals surface area contributed by atoms with E-state index in [2.05, 4.69) is 19.2 Å². The first-order chi connectivity index (χ1) is 9.95. The maximum Gasteiger partial charge on any atom is 0.252 e. The summed E-state index contributed by atoms with van der Waals surface area (Å²) in [6.45, 7) is 8.26. The molecule has 1 saturated heterocycles. The summed E-state index contributed by atoms with van der Waals surface area (Å²) in [6.07, 6.45) is 0.770. The summed E-state index contributed by atoms with van der Waals surface area (Å²) in [4.78, 5) is 1.04. The highest BCUT2D eigenvalue weighted by Crippen LogP contribution is 2.28. The molecular formula is C14H24N2O3S2. The van der Waals surface area contributed by atoms with E-state index in [9.17, 15) is 8.42 Å². The molecule has 1 aromatic heterocycles. The number of ether oxygens (including phenoxy) is 1. The Morgan fingerprint density at radius 3 is 2.90 bits per heavy atom. The molecule has 1 N–H and O–H groups in total. The van der Waals surface area contributed by atoms with Crippen LogP contribution in [0.5, 0.6) is 0 Å². The second kappa shape index (κ2) is 7.19. The van der Waals surface area contributed by atoms with Crippen molar-refractivity contribution < 1.29 is 13.2 Å². The van der Waals surface area contributed by atoms with Gasteiger partial charge in [0.15, 0.2) is 0 Å². The predicted molar refractivity (Wildman–Crippen MR) is 85.1 cm³/mol. The van der Waals surface area contributed by atoms with Gasteiger partial charge in [0.05, 0.1) is 13.2 Å². The number of thiophene rings is 1. The molecule has 1 unspecified atom stereocenters. The van der Waals surface area contributed by atoms with Crippen LogP contribution in [0.3, 0.4) is 0 Å². The minimum atomic E-state index is -3.40. The van der Waals surface area contributed by atoms with Crippen molar-refractivity contribution in [3.05, 3.63) is 17.0 Å². The fourth-order valence-electron chi connectivity index (χ4n) is 2.29. The Kier molecular flexibility index (Phi) is 5.79. The molecule has 0 aromatic carbocycles. The van der Waals surface area contributed by atoms with Gasteiger partial charge in [-0.3, -0.25) is 0 Å². The summed E-state index contributed by atoms with van der Waals surface area (Å²) >= 11 is 1.36. The molecule has 7 heteroatoms. The fourth-order valence-corrected chi connectivity index (χ4v) is 5.39. The quantitative estimate of drug-likeness (QED) is 0.866. The molecule has 1 atom stereocenters. The molecule has 1 aliphatic rings. The van der Waals surface area contributed by atoms with Crippen LogP contribution in [0, 0.1) is 0 Å². The second-order valence-corrected chi connectivity index (χ2v) is 8.79. The Bertz CT molecular complexity index is 554. The van der Waals surface area contributed by atoms with Crippen LogP contribution in [-0.4, -0.2) is 44.6 Å². The molecule has 1 aliphatic heterocycles. The topological polar surface area (TPSA) is 58.6 Å². The van der Waals surface area contributed by atoms with Gasteiger partial charge >= 0.3 is 0 Å². The van der Waals surface area contributed by atoms with Gasteiger partial charge in [-0.05, 0) is 18.6 Å². The van der Waals surface area contributed by atoms with E-state index >= 15 is 0 Å². The van der Waals surface area contributed by atoms with Crippen LogP contribution in [0.25, 0.3) is 0 Å². The maximum atomic E-state index is 12.8. The lowest BCUT2D eigenvalue weighted by Gasteiger charge is -2.33. The molecule has 2 heterocycles. The summed E-state index contributed by atoms with van der Waals surface area (Å²) in [5.41, 5.74) is 0. The summed E-state index contributed by atoms with van der Waals surface area (Å²) in [5.74, 6) is 0. The Labute approximate surface area is 131 Å². The summed E-state index contributed by atoms with van der Waals surface area (Å²) in [7, 11) is -3.40. The van der Waals surface area contributed by atoms with E-state index in [1.807, 2.05) is 13.0 Å². The number of morpholine rings is 1. The average molecular weight is 332 g/mol. The lowest BCUT2D eigenvalue weighted by molar-refractivity contribution is 0.0315. The Morgan fingerprint density at radius 2 is 2.24 bits per heavy atom. The van der Waals surface area contributed by atoms with Crippen molar-refractivity contribution in [2.75, 3.05) is 19.8 Å². The number of sulfonamides is 1. The first-order valence-corrected chi connectivity index (χ1v) is 9.62. The Hall–Kier alpha value is -0.470. The molecule has 0 bridgehead atoms. The van der Waals surface area contributed by atoms with Gasteiger partial charge in [-0.1, -0.05) is 20.8 Å². The monoisotopic (exact) mass is 332 g/mol. The highest BCUT2D eigenvalue weighted by Gasteiger charge is 2.33. The molecule has 0 amide bonds. The normalized spacial score (nSPS) is 21.0. The van der Waals surface area contributed by atoms with Gasteiger partial charge in [0.2, 0.25) is 0 Å². The van der Waals surface area contributed by atoms with Crippen LogP contribution >= 0.6 is 11.3 Å². The van der Waals surface area contributed by atoms with Crippen molar-refractivity contribution in [1.29, 1.82) is 0 Å². The highest BCUT2D eigenvalue weighted by atomic mass is 32.2. The van der Waals surface area contributed by atoms with Gasteiger partial charge in [-0.15, -0.1) is 11.3 Å². The minimum absolute atomic E-state index is 0.0527. The molecule has 1 aromatic rings. The predicted octanol–water partition coefficient (Wildman–Crippen LogP) is 2.05. The van der Waals surface area contributed by atoms with Crippen LogP contribution in [-0.2, 0) is 21.3 Å². The first-order valence-electron chi connectivity index (χ1n) is 7.36. The van der Waals surface area contributed by atoms with E-state index in [0.717, 1.165) is 11.3 Å². The molecule has 0 aliphatic carbocycles. The smallest absolute Gasteiger partial charge is 0.252 e. The number of hydrogen-bond donors (Lipinski definition) is 1. The zero-order valence-electron chi connectivity index (χ0n) is 12.8. The number of nitrogens with zero attached hydrogens (tertiary/aromatic N) is 1. The van der Waals surface area contributed by atoms with E-state index in [1.165, 1.54) is 11.3 Å². The largest absolute Gasteiger partial charge is 0.378 e. The third-order valence-corrected chi connectivity index (χ3v) is 7.03. The molecule has 2 rings (SSSR count). The highest BCUT2D eigenvalue weighted by molar-refractivity contribution is 7.91. The van der Waals surface area contributed by atoms with Crippen LogP contribution in [0.1, 0.15) is 32.1 Å². The van der Waals surface area contributed by atoms with Crippen LogP contribution in [0.2, 0.25) is 0 Å². The van der Waals surface area contributed by atoms with Gasteiger partial charge in [0.25, 0.3) is 10.0 Å². The summed E-state index contributed by atoms with van der Waals surface area (Å²) in [5, 5.41) is 3.31. The van der Waals surface area contributed by atoms with E-state index in [-0.39, 0.29) is 6.04 Å². The van der Waals surface area contributed by atoms with Crippen molar-refractivity contribution >= 4 is 21.4 Å². The maximum absolute atomic E-state index is 12.8. The van der Waals surface area contributed by atoms with Crippen molar-refractivity contribution in [2.45, 2.75) is 50.0 Å². The summed E-state index contributed by atoms with van der Waals surface area (Å²) < 4.78 is 33.0. The minimum Gasteiger partial charge on any atom is -0.378 e. The number of hydrogen-bond acceptors (Lipinski definition) is 5. The van der Waals surface area contributed by atoms with Crippen molar-refractivity contribution in [1.82, 2.24) is 9.62 Å². The van der Waals surface area contributed by atoms with E-state index in [4.69, 9.17) is 4.74 Å². The van der Waals surface area contributed by atoms with Crippen molar-refractivity contribution in [3.8, 4) is 0 Å². The number of rotatable bonds is 6. The number of nitrogens with one attached hydrogen (secondary N) is 1. The van der Waals surface area contributed by atoms with E-state index in [1.54, 1.807) is 10.4 Å². The average Bonchev–Trinajstić information content (AvgIpc) is 2.94. The van der Waals surface area contributed by atoms with Crippen LogP contribution < -0.4 is 5.32 Å². The molecule has 1 fully saturated rings. The molecule has 0 saturated carbocycles. The second-order valence-electron chi connectivity index (χ2n) is 5.51. The van der Waals surface area contributed by atoms with Crippen molar-refractivity contribution in [3.63, 3.8) is 0 Å². The molecule has 0 spiro atoms. The first kappa shape index (κ1) is 16.9. The Balaban J connectivity index is 2.15. The van der Waals surface area contributed by atoms with E-state index < -0.39 is 10.0 Å². The van der Waals surface area contributed by atoms with Crippen LogP contribution in [0.15, 0.2) is 16.3 Å². The fraction of sp³-hybridized carbons (Fsp3) is 0.714. The molecule has 0 radical (unpaired) electrons. The van der Waals surface area contributed by atoms with Gasteiger partial charge in [0, 0.05) is 30.1 Å². The SMILES string of the molecule is CCC1COCCN1S(=O)(=O)c1ccc(CNC(C)C)s1. The summed E-state index contributed by atoms with van der Waals surface area (Å²) in [6, 6.07) is 3.95. The Morgan fingerprint density at radius 1 is 1.48 bits per heavy atom. The lowest BCUT2D eigenvalue weighted by atomic mass is 10.2. The van der Waals surface area contributed by atoms with Crippen molar-refractivity contribution in [2.24, 2.45) is 0 Å². The van der Waals surface area contributed by atoms with Crippen LogP contribution in [0.4, 0.5) is 0 Å². The third kappa shape index (κ3) is 4.04. The van der Waals surface area contributed by atoms with Gasteiger partial charge in [-0.25, -0.2) is 8.42 Å². The lowest BCUT2D eigenvalue weighted by Crippen LogP contribution is -2.48. The van der Waals surface area contributed by atoms with Gasteiger partial charge in [-0.2, -0.15) is 4.31 Å². The standard InChI is InChI=1S/C14H24N2O3S2/c1-4-12-10-19-8-7-16(12)21(17,18)14-6-5-13(20-14)9-15-11(2)3/h5-6,11-12,15H,4,7-10H2,1-3H3. The van der Waals surface area contributed by atoms with Gasteiger partial charge < -0.3 is 10.1 Å². The third-order valence-electron chi connectivity index (χ3n) is 3.53. The molecule has 120 valence electrons. The van der Waals surface area contributed by atoms with Gasteiger partial charge in [0.1, 0.15) is 4.21 Å². The molecular weight excluding hydrogens is 308 g/mol. The molecule has 5 nitrogen and oxygen atoms in total. The van der Waals surface area contributed by atoms with E-state index in [0.29, 0.717) is 36.6 Å². The zero-order valence-corrected chi connectivity index (χ0v) is 14.5. The molecule has 21 heavy (non-hydrogen) atoms. The zero-order chi connectivity index (χ0) is 15.5.